The summed E-state index contributed by atoms with van der Waals surface area (Å²) in [6, 6.07) is 1.02. The number of nitrogens with two attached hydrogens (primary N) is 1. The van der Waals surface area contributed by atoms with Gasteiger partial charge in [0.2, 0.25) is 0 Å². The van der Waals surface area contributed by atoms with E-state index in [9.17, 15) is 0 Å². The van der Waals surface area contributed by atoms with Crippen molar-refractivity contribution < 1.29 is 4.74 Å². The van der Waals surface area contributed by atoms with Crippen LogP contribution >= 0.6 is 0 Å². The molecule has 17 heavy (non-hydrogen) atoms. The third kappa shape index (κ3) is 4.21. The molecule has 2 N–H and O–H groups in total. The Morgan fingerprint density at radius 1 is 1.41 bits per heavy atom. The van der Waals surface area contributed by atoms with E-state index in [1.54, 1.807) is 7.11 Å². The zero-order chi connectivity index (χ0) is 12.8. The fraction of sp³-hybridized carbons (Fsp3) is 1.00. The molecule has 0 bridgehead atoms. The summed E-state index contributed by atoms with van der Waals surface area (Å²) in [4.78, 5) is 4.99. The van der Waals surface area contributed by atoms with Crippen LogP contribution in [0.4, 0.5) is 0 Å². The smallest absolute Gasteiger partial charge is 0.0503 e. The first-order chi connectivity index (χ1) is 8.10. The zero-order valence-electron chi connectivity index (χ0n) is 11.9. The Kier molecular flexibility index (Phi) is 6.41. The van der Waals surface area contributed by atoms with Crippen LogP contribution < -0.4 is 5.73 Å². The molecule has 1 fully saturated rings. The lowest BCUT2D eigenvalue weighted by Gasteiger charge is -2.38. The van der Waals surface area contributed by atoms with Gasteiger partial charge >= 0.3 is 0 Å². The first-order valence-electron chi connectivity index (χ1n) is 6.73. The van der Waals surface area contributed by atoms with E-state index in [0.29, 0.717) is 18.0 Å². The number of hydrogen-bond donors (Lipinski definition) is 1. The van der Waals surface area contributed by atoms with E-state index < -0.39 is 0 Å². The van der Waals surface area contributed by atoms with Gasteiger partial charge in [-0.3, -0.25) is 4.90 Å². The molecule has 0 spiro atoms. The van der Waals surface area contributed by atoms with Gasteiger partial charge in [-0.2, -0.15) is 0 Å². The zero-order valence-corrected chi connectivity index (χ0v) is 11.9. The van der Waals surface area contributed by atoms with Gasteiger partial charge in [0.15, 0.2) is 0 Å². The van der Waals surface area contributed by atoms with Crippen LogP contribution in [0.3, 0.4) is 0 Å². The average molecular weight is 243 g/mol. The van der Waals surface area contributed by atoms with Crippen molar-refractivity contribution in [2.45, 2.75) is 32.4 Å². The van der Waals surface area contributed by atoms with Gasteiger partial charge in [-0.1, -0.05) is 6.92 Å². The van der Waals surface area contributed by atoms with Gasteiger partial charge in [-0.25, -0.2) is 0 Å². The standard InChI is InChI=1S/C13H29N3O/c1-11(10-17-4)13(8-14)16-7-5-6-15(3)9-12(16)2/h11-13H,5-10,14H2,1-4H3. The summed E-state index contributed by atoms with van der Waals surface area (Å²) < 4.78 is 5.27. The van der Waals surface area contributed by atoms with Crippen molar-refractivity contribution in [3.8, 4) is 0 Å². The second-order valence-electron chi connectivity index (χ2n) is 5.44. The first kappa shape index (κ1) is 14.9. The maximum Gasteiger partial charge on any atom is 0.0503 e. The lowest BCUT2D eigenvalue weighted by atomic mass is 9.99. The van der Waals surface area contributed by atoms with E-state index in [4.69, 9.17) is 10.5 Å². The molecule has 1 rings (SSSR count). The molecule has 4 nitrogen and oxygen atoms in total. The van der Waals surface area contributed by atoms with Crippen LogP contribution in [0.2, 0.25) is 0 Å². The molecular formula is C13H29N3O. The highest BCUT2D eigenvalue weighted by Gasteiger charge is 2.29. The van der Waals surface area contributed by atoms with Gasteiger partial charge in [0, 0.05) is 38.8 Å². The predicted octanol–water partition coefficient (Wildman–Crippen LogP) is 0.622. The summed E-state index contributed by atoms with van der Waals surface area (Å²) in [6.45, 7) is 9.54. The Bertz CT molecular complexity index is 213. The Balaban J connectivity index is 2.65. The maximum absolute atomic E-state index is 5.97. The molecule has 1 aliphatic rings. The van der Waals surface area contributed by atoms with Crippen molar-refractivity contribution in [1.29, 1.82) is 0 Å². The van der Waals surface area contributed by atoms with Crippen molar-refractivity contribution in [3.63, 3.8) is 0 Å². The molecule has 0 aromatic rings. The lowest BCUT2D eigenvalue weighted by molar-refractivity contribution is 0.0641. The lowest BCUT2D eigenvalue weighted by Crippen LogP contribution is -2.51. The van der Waals surface area contributed by atoms with Crippen molar-refractivity contribution in [2.24, 2.45) is 11.7 Å². The molecule has 0 aromatic heterocycles. The highest BCUT2D eigenvalue weighted by atomic mass is 16.5. The Morgan fingerprint density at radius 2 is 2.12 bits per heavy atom. The molecule has 1 aliphatic heterocycles. The molecule has 0 aromatic carbocycles. The molecule has 0 aliphatic carbocycles. The second-order valence-corrected chi connectivity index (χ2v) is 5.44. The number of rotatable bonds is 5. The fourth-order valence-corrected chi connectivity index (χ4v) is 2.95. The van der Waals surface area contributed by atoms with Crippen LogP contribution in [-0.4, -0.2) is 68.8 Å². The molecule has 3 atom stereocenters. The maximum atomic E-state index is 5.97. The largest absolute Gasteiger partial charge is 0.384 e. The van der Waals surface area contributed by atoms with Gasteiger partial charge < -0.3 is 15.4 Å². The molecular weight excluding hydrogens is 214 g/mol. The van der Waals surface area contributed by atoms with Crippen molar-refractivity contribution in [2.75, 3.05) is 46.9 Å². The van der Waals surface area contributed by atoms with Crippen LogP contribution in [-0.2, 0) is 4.74 Å². The van der Waals surface area contributed by atoms with Crippen molar-refractivity contribution in [3.05, 3.63) is 0 Å². The Hall–Kier alpha value is -0.160. The van der Waals surface area contributed by atoms with E-state index in [1.807, 2.05) is 0 Å². The van der Waals surface area contributed by atoms with Gasteiger partial charge in [-0.05, 0) is 32.9 Å². The molecule has 102 valence electrons. The number of hydrogen-bond acceptors (Lipinski definition) is 4. The second kappa shape index (κ2) is 7.31. The van der Waals surface area contributed by atoms with E-state index in [0.717, 1.165) is 26.2 Å². The predicted molar refractivity (Wildman–Crippen MR) is 72.2 cm³/mol. The van der Waals surface area contributed by atoms with Gasteiger partial charge in [0.05, 0.1) is 6.61 Å². The normalized spacial score (nSPS) is 27.7. The molecule has 0 radical (unpaired) electrons. The summed E-state index contributed by atoms with van der Waals surface area (Å²) in [5.41, 5.74) is 5.97. The van der Waals surface area contributed by atoms with E-state index in [-0.39, 0.29) is 0 Å². The van der Waals surface area contributed by atoms with Crippen LogP contribution in [0.25, 0.3) is 0 Å². The third-order valence-electron chi connectivity index (χ3n) is 3.85. The van der Waals surface area contributed by atoms with Crippen LogP contribution in [0, 0.1) is 5.92 Å². The summed E-state index contributed by atoms with van der Waals surface area (Å²) in [5, 5.41) is 0. The fourth-order valence-electron chi connectivity index (χ4n) is 2.95. The first-order valence-corrected chi connectivity index (χ1v) is 6.73. The molecule has 0 amide bonds. The number of ether oxygens (including phenoxy) is 1. The summed E-state index contributed by atoms with van der Waals surface area (Å²) in [5.74, 6) is 0.496. The van der Waals surface area contributed by atoms with Crippen molar-refractivity contribution in [1.82, 2.24) is 9.80 Å². The van der Waals surface area contributed by atoms with Crippen LogP contribution in [0.5, 0.6) is 0 Å². The highest BCUT2D eigenvalue weighted by molar-refractivity contribution is 4.85. The Labute approximate surface area is 106 Å². The minimum Gasteiger partial charge on any atom is -0.384 e. The minimum atomic E-state index is 0.441. The average Bonchev–Trinajstić information content (AvgIpc) is 2.42. The summed E-state index contributed by atoms with van der Waals surface area (Å²) in [6.07, 6.45) is 1.23. The van der Waals surface area contributed by atoms with Crippen LogP contribution in [0.15, 0.2) is 0 Å². The van der Waals surface area contributed by atoms with E-state index in [2.05, 4.69) is 30.7 Å². The Morgan fingerprint density at radius 3 is 2.71 bits per heavy atom. The van der Waals surface area contributed by atoms with Gasteiger partial charge in [0.1, 0.15) is 0 Å². The summed E-state index contributed by atoms with van der Waals surface area (Å²) in [7, 11) is 3.97. The molecule has 4 heteroatoms. The quantitative estimate of drug-likeness (QED) is 0.769. The van der Waals surface area contributed by atoms with Crippen molar-refractivity contribution >= 4 is 0 Å². The molecule has 1 heterocycles. The van der Waals surface area contributed by atoms with Crippen LogP contribution in [0.1, 0.15) is 20.3 Å². The topological polar surface area (TPSA) is 41.7 Å². The van der Waals surface area contributed by atoms with E-state index in [1.165, 1.54) is 13.0 Å². The highest BCUT2D eigenvalue weighted by Crippen LogP contribution is 2.17. The summed E-state index contributed by atoms with van der Waals surface area (Å²) >= 11 is 0. The number of methoxy groups -OCH3 is 1. The molecule has 3 unspecified atom stereocenters. The monoisotopic (exact) mass is 243 g/mol. The van der Waals surface area contributed by atoms with Gasteiger partial charge in [0.25, 0.3) is 0 Å². The number of nitrogens with zero attached hydrogens (tertiary/aromatic N) is 2. The van der Waals surface area contributed by atoms with E-state index >= 15 is 0 Å². The molecule has 1 saturated heterocycles. The third-order valence-corrected chi connectivity index (χ3v) is 3.85. The number of likely N-dealkylation sites (N-methyl/N-ethyl adjacent to an activating group) is 1. The SMILES string of the molecule is COCC(C)C(CN)N1CCCN(C)CC1C. The minimum absolute atomic E-state index is 0.441. The van der Waals surface area contributed by atoms with Gasteiger partial charge in [-0.15, -0.1) is 0 Å². The molecule has 0 saturated carbocycles.